The molecule has 0 radical (unpaired) electrons. The topological polar surface area (TPSA) is 67.4 Å². The molecule has 1 amide bonds. The number of amides is 1. The molecule has 26 heavy (non-hydrogen) atoms. The van der Waals surface area contributed by atoms with Crippen molar-refractivity contribution in [1.82, 2.24) is 10.2 Å². The van der Waals surface area contributed by atoms with Crippen LogP contribution < -0.4 is 15.0 Å². The molecule has 1 aromatic heterocycles. The number of hydrogen-bond donors (Lipinski definition) is 1. The molecule has 138 valence electrons. The highest BCUT2D eigenvalue weighted by Crippen LogP contribution is 2.26. The summed E-state index contributed by atoms with van der Waals surface area (Å²) in [6.07, 6.45) is 4.72. The molecule has 3 rings (SSSR count). The van der Waals surface area contributed by atoms with E-state index in [2.05, 4.69) is 27.3 Å². The summed E-state index contributed by atoms with van der Waals surface area (Å²) in [4.78, 5) is 14.8. The SMILES string of the molecule is CCC1CCCCN1c1ccc(C(=O)Nc2cc(C)ccc2OC)nn1. The van der Waals surface area contributed by atoms with Gasteiger partial charge in [-0.15, -0.1) is 10.2 Å². The lowest BCUT2D eigenvalue weighted by molar-refractivity contribution is 0.102. The molecule has 0 spiro atoms. The van der Waals surface area contributed by atoms with Crippen LogP contribution in [0.3, 0.4) is 0 Å². The van der Waals surface area contributed by atoms with Gasteiger partial charge in [0.15, 0.2) is 11.5 Å². The van der Waals surface area contributed by atoms with Crippen LogP contribution in [0.5, 0.6) is 5.75 Å². The third-order valence-electron chi connectivity index (χ3n) is 4.88. The number of benzene rings is 1. The Morgan fingerprint density at radius 1 is 1.27 bits per heavy atom. The second-order valence-electron chi connectivity index (χ2n) is 6.69. The molecular formula is C20H26N4O2. The van der Waals surface area contributed by atoms with Crippen LogP contribution in [0.1, 0.15) is 48.7 Å². The van der Waals surface area contributed by atoms with Crippen molar-refractivity contribution >= 4 is 17.4 Å². The van der Waals surface area contributed by atoms with Crippen molar-refractivity contribution in [3.05, 3.63) is 41.6 Å². The van der Waals surface area contributed by atoms with Gasteiger partial charge in [0, 0.05) is 12.6 Å². The fourth-order valence-corrected chi connectivity index (χ4v) is 3.43. The zero-order valence-corrected chi connectivity index (χ0v) is 15.7. The third kappa shape index (κ3) is 3.95. The first-order valence-corrected chi connectivity index (χ1v) is 9.18. The molecule has 1 atom stereocenters. The van der Waals surface area contributed by atoms with Gasteiger partial charge in [-0.1, -0.05) is 13.0 Å². The maximum absolute atomic E-state index is 12.5. The first-order valence-electron chi connectivity index (χ1n) is 9.18. The second-order valence-corrected chi connectivity index (χ2v) is 6.69. The molecule has 1 unspecified atom stereocenters. The Kier molecular flexibility index (Phi) is 5.71. The Balaban J connectivity index is 1.74. The number of carbonyl (C=O) groups excluding carboxylic acids is 1. The monoisotopic (exact) mass is 354 g/mol. The van der Waals surface area contributed by atoms with Crippen molar-refractivity contribution in [2.45, 2.75) is 45.6 Å². The van der Waals surface area contributed by atoms with Crippen LogP contribution in [0.15, 0.2) is 30.3 Å². The van der Waals surface area contributed by atoms with Crippen LogP contribution in [0.25, 0.3) is 0 Å². The predicted octanol–water partition coefficient (Wildman–Crippen LogP) is 3.81. The van der Waals surface area contributed by atoms with E-state index in [0.29, 0.717) is 23.2 Å². The van der Waals surface area contributed by atoms with E-state index in [9.17, 15) is 4.79 Å². The minimum atomic E-state index is -0.293. The molecular weight excluding hydrogens is 328 g/mol. The van der Waals surface area contributed by atoms with Gasteiger partial charge in [-0.05, 0) is 62.4 Å². The largest absolute Gasteiger partial charge is 0.495 e. The highest BCUT2D eigenvalue weighted by Gasteiger charge is 2.22. The van der Waals surface area contributed by atoms with Crippen LogP contribution in [-0.4, -0.2) is 35.8 Å². The van der Waals surface area contributed by atoms with Gasteiger partial charge in [0.05, 0.1) is 12.8 Å². The Morgan fingerprint density at radius 3 is 2.81 bits per heavy atom. The Bertz CT molecular complexity index is 761. The van der Waals surface area contributed by atoms with Gasteiger partial charge in [0.1, 0.15) is 5.75 Å². The fraction of sp³-hybridized carbons (Fsp3) is 0.450. The molecule has 1 saturated heterocycles. The lowest BCUT2D eigenvalue weighted by atomic mass is 10.0. The maximum atomic E-state index is 12.5. The molecule has 0 aliphatic carbocycles. The van der Waals surface area contributed by atoms with Crippen molar-refractivity contribution in [3.63, 3.8) is 0 Å². The molecule has 0 bridgehead atoms. The predicted molar refractivity (Wildman–Crippen MR) is 103 cm³/mol. The standard InChI is InChI=1S/C20H26N4O2/c1-4-15-7-5-6-12-24(15)19-11-9-16(22-23-19)20(25)21-17-13-14(2)8-10-18(17)26-3/h8-11,13,15H,4-7,12H2,1-3H3,(H,21,25). The van der Waals surface area contributed by atoms with E-state index in [0.717, 1.165) is 24.3 Å². The molecule has 2 aromatic rings. The van der Waals surface area contributed by atoms with E-state index < -0.39 is 0 Å². The van der Waals surface area contributed by atoms with Gasteiger partial charge >= 0.3 is 0 Å². The number of methoxy groups -OCH3 is 1. The number of ether oxygens (including phenoxy) is 1. The Labute approximate surface area is 154 Å². The number of carbonyl (C=O) groups is 1. The van der Waals surface area contributed by atoms with E-state index in [1.807, 2.05) is 31.2 Å². The van der Waals surface area contributed by atoms with Crippen LogP contribution in [-0.2, 0) is 0 Å². The molecule has 1 aliphatic rings. The number of rotatable bonds is 5. The zero-order chi connectivity index (χ0) is 18.5. The third-order valence-corrected chi connectivity index (χ3v) is 4.88. The van der Waals surface area contributed by atoms with Gasteiger partial charge in [0.25, 0.3) is 5.91 Å². The van der Waals surface area contributed by atoms with Crippen molar-refractivity contribution in [2.75, 3.05) is 23.9 Å². The summed E-state index contributed by atoms with van der Waals surface area (Å²) >= 11 is 0. The van der Waals surface area contributed by atoms with E-state index in [-0.39, 0.29) is 5.91 Å². The van der Waals surface area contributed by atoms with Gasteiger partial charge in [-0.25, -0.2) is 0 Å². The molecule has 6 nitrogen and oxygen atoms in total. The molecule has 6 heteroatoms. The highest BCUT2D eigenvalue weighted by atomic mass is 16.5. The molecule has 1 aromatic carbocycles. The quantitative estimate of drug-likeness (QED) is 0.884. The minimum absolute atomic E-state index is 0.293. The van der Waals surface area contributed by atoms with Crippen LogP contribution in [0.4, 0.5) is 11.5 Å². The van der Waals surface area contributed by atoms with Gasteiger partial charge in [-0.3, -0.25) is 4.79 Å². The number of aryl methyl sites for hydroxylation is 1. The summed E-state index contributed by atoms with van der Waals surface area (Å²) in [5.74, 6) is 1.17. The van der Waals surface area contributed by atoms with E-state index in [4.69, 9.17) is 4.74 Å². The van der Waals surface area contributed by atoms with Crippen LogP contribution >= 0.6 is 0 Å². The lowest BCUT2D eigenvalue weighted by Crippen LogP contribution is -2.39. The normalized spacial score (nSPS) is 17.0. The first-order chi connectivity index (χ1) is 12.6. The maximum Gasteiger partial charge on any atom is 0.276 e. The minimum Gasteiger partial charge on any atom is -0.495 e. The van der Waals surface area contributed by atoms with Crippen LogP contribution in [0, 0.1) is 6.92 Å². The smallest absolute Gasteiger partial charge is 0.276 e. The van der Waals surface area contributed by atoms with Gasteiger partial charge < -0.3 is 15.0 Å². The molecule has 0 saturated carbocycles. The number of anilines is 2. The number of aromatic nitrogens is 2. The number of hydrogen-bond acceptors (Lipinski definition) is 5. The first kappa shape index (κ1) is 18.2. The second kappa shape index (κ2) is 8.17. The van der Waals surface area contributed by atoms with Crippen LogP contribution in [0.2, 0.25) is 0 Å². The number of piperidine rings is 1. The fourth-order valence-electron chi connectivity index (χ4n) is 3.43. The van der Waals surface area contributed by atoms with E-state index in [1.165, 1.54) is 19.3 Å². The van der Waals surface area contributed by atoms with E-state index >= 15 is 0 Å². The Morgan fingerprint density at radius 2 is 2.12 bits per heavy atom. The summed E-state index contributed by atoms with van der Waals surface area (Å²) in [5.41, 5.74) is 1.96. The summed E-state index contributed by atoms with van der Waals surface area (Å²) in [7, 11) is 1.58. The summed E-state index contributed by atoms with van der Waals surface area (Å²) < 4.78 is 5.30. The summed E-state index contributed by atoms with van der Waals surface area (Å²) in [6.45, 7) is 5.17. The van der Waals surface area contributed by atoms with Crippen molar-refractivity contribution in [1.29, 1.82) is 0 Å². The number of nitrogens with zero attached hydrogens (tertiary/aromatic N) is 3. The van der Waals surface area contributed by atoms with Gasteiger partial charge in [0.2, 0.25) is 0 Å². The Hall–Kier alpha value is -2.63. The molecule has 1 N–H and O–H groups in total. The number of nitrogens with one attached hydrogen (secondary N) is 1. The molecule has 2 heterocycles. The summed E-state index contributed by atoms with van der Waals surface area (Å²) in [5, 5.41) is 11.3. The average molecular weight is 354 g/mol. The zero-order valence-electron chi connectivity index (χ0n) is 15.7. The summed E-state index contributed by atoms with van der Waals surface area (Å²) in [6, 6.07) is 9.78. The highest BCUT2D eigenvalue weighted by molar-refractivity contribution is 6.03. The average Bonchev–Trinajstić information content (AvgIpc) is 2.68. The van der Waals surface area contributed by atoms with E-state index in [1.54, 1.807) is 13.2 Å². The van der Waals surface area contributed by atoms with Crippen molar-refractivity contribution < 1.29 is 9.53 Å². The van der Waals surface area contributed by atoms with Crippen molar-refractivity contribution in [2.24, 2.45) is 0 Å². The molecule has 1 fully saturated rings. The van der Waals surface area contributed by atoms with Crippen molar-refractivity contribution in [3.8, 4) is 5.75 Å². The molecule has 1 aliphatic heterocycles. The van der Waals surface area contributed by atoms with Gasteiger partial charge in [-0.2, -0.15) is 0 Å². The lowest BCUT2D eigenvalue weighted by Gasteiger charge is -2.35.